The Balaban J connectivity index is 1.62. The van der Waals surface area contributed by atoms with Crippen molar-refractivity contribution in [2.75, 3.05) is 33.4 Å². The van der Waals surface area contributed by atoms with Gasteiger partial charge in [-0.05, 0) is 48.9 Å². The van der Waals surface area contributed by atoms with Crippen molar-refractivity contribution >= 4 is 17.7 Å². The number of hydrogen-bond donors (Lipinski definition) is 3. The summed E-state index contributed by atoms with van der Waals surface area (Å²) < 4.78 is 17.2. The lowest BCUT2D eigenvalue weighted by Gasteiger charge is -2.21. The van der Waals surface area contributed by atoms with E-state index in [0.29, 0.717) is 56.1 Å². The number of rotatable bonds is 4. The first-order valence-corrected chi connectivity index (χ1v) is 11.6. The monoisotopic (exact) mass is 482 g/mol. The minimum absolute atomic E-state index is 0.0193. The molecule has 4 bridgehead atoms. The molecule has 2 atom stereocenters. The third-order valence-electron chi connectivity index (χ3n) is 6.02. The number of nitrogens with zero attached hydrogens (tertiary/aromatic N) is 1. The fourth-order valence-corrected chi connectivity index (χ4v) is 4.09. The molecule has 3 heterocycles. The van der Waals surface area contributed by atoms with E-state index in [1.165, 1.54) is 13.2 Å². The van der Waals surface area contributed by atoms with Gasteiger partial charge in [0.05, 0.1) is 19.7 Å². The first kappa shape index (κ1) is 24.3. The number of hydrogen-bond acceptors (Lipinski definition) is 7. The van der Waals surface area contributed by atoms with E-state index in [4.69, 9.17) is 19.9 Å². The maximum Gasteiger partial charge on any atom is 0.258 e. The largest absolute Gasteiger partial charge is 0.493 e. The lowest BCUT2D eigenvalue weighted by atomic mass is 10.1. The highest BCUT2D eigenvalue weighted by Crippen LogP contribution is 2.28. The molecule has 2 aromatic rings. The molecule has 35 heavy (non-hydrogen) atoms. The van der Waals surface area contributed by atoms with Gasteiger partial charge in [-0.25, -0.2) is 0 Å². The summed E-state index contributed by atoms with van der Waals surface area (Å²) in [5.41, 5.74) is 6.79. The van der Waals surface area contributed by atoms with Gasteiger partial charge >= 0.3 is 0 Å². The van der Waals surface area contributed by atoms with E-state index in [2.05, 4.69) is 10.6 Å². The molecule has 3 aliphatic heterocycles. The van der Waals surface area contributed by atoms with E-state index in [0.717, 1.165) is 5.56 Å². The Morgan fingerprint density at radius 3 is 2.71 bits per heavy atom. The lowest BCUT2D eigenvalue weighted by Crippen LogP contribution is -2.45. The number of carbonyl (C=O) groups is 3. The number of amides is 3. The van der Waals surface area contributed by atoms with Crippen LogP contribution in [0.25, 0.3) is 0 Å². The van der Waals surface area contributed by atoms with Gasteiger partial charge in [0.15, 0.2) is 18.1 Å². The number of nitrogens with two attached hydrogens (primary N) is 1. The molecule has 3 amide bonds. The summed E-state index contributed by atoms with van der Waals surface area (Å²) >= 11 is 0. The summed E-state index contributed by atoms with van der Waals surface area (Å²) in [6.45, 7) is 1.22. The lowest BCUT2D eigenvalue weighted by molar-refractivity contribution is -0.130. The summed E-state index contributed by atoms with van der Waals surface area (Å²) in [6, 6.07) is 11.7. The molecular formula is C25H30N4O6. The van der Waals surface area contributed by atoms with Crippen LogP contribution < -0.4 is 30.6 Å². The molecule has 2 aromatic carbocycles. The molecule has 10 heteroatoms. The fourth-order valence-electron chi connectivity index (χ4n) is 4.09. The van der Waals surface area contributed by atoms with Crippen molar-refractivity contribution in [3.05, 3.63) is 53.6 Å². The van der Waals surface area contributed by atoms with Gasteiger partial charge in [-0.1, -0.05) is 12.1 Å². The molecule has 0 unspecified atom stereocenters. The number of carbonyl (C=O) groups excluding carboxylic acids is 3. The van der Waals surface area contributed by atoms with Crippen LogP contribution in [0.5, 0.6) is 17.2 Å². The summed E-state index contributed by atoms with van der Waals surface area (Å²) in [5.74, 6) is 0.619. The zero-order chi connectivity index (χ0) is 24.8. The quantitative estimate of drug-likeness (QED) is 0.588. The summed E-state index contributed by atoms with van der Waals surface area (Å²) in [6.07, 6.45) is 0.518. The molecule has 10 nitrogen and oxygen atoms in total. The number of methoxy groups -OCH3 is 1. The van der Waals surface area contributed by atoms with Crippen LogP contribution in [-0.2, 0) is 16.1 Å². The van der Waals surface area contributed by atoms with Gasteiger partial charge in [0.25, 0.3) is 11.8 Å². The van der Waals surface area contributed by atoms with Crippen molar-refractivity contribution in [1.29, 1.82) is 0 Å². The maximum atomic E-state index is 13.1. The van der Waals surface area contributed by atoms with Crippen molar-refractivity contribution in [3.8, 4) is 17.2 Å². The Bertz CT molecular complexity index is 1070. The first-order chi connectivity index (χ1) is 17.0. The van der Waals surface area contributed by atoms with E-state index in [9.17, 15) is 14.4 Å². The minimum Gasteiger partial charge on any atom is -0.493 e. The highest BCUT2D eigenvalue weighted by atomic mass is 16.5. The standard InChI is InChI=1S/C25H30N4O6/c1-33-20-9-6-17-11-21(20)34-15-23(30)27-12-16-4-7-18(8-5-16)35-22-14-29(24(31)3-2-10-26)13-19(22)28-25(17)32/h4-9,11,19,22H,2-3,10,12-15,26H2,1H3,(H,27,30)(H,28,32)/t19-,22-/m0/s1. The smallest absolute Gasteiger partial charge is 0.258 e. The van der Waals surface area contributed by atoms with Crippen molar-refractivity contribution in [3.63, 3.8) is 0 Å². The first-order valence-electron chi connectivity index (χ1n) is 11.6. The van der Waals surface area contributed by atoms with Crippen molar-refractivity contribution < 1.29 is 28.6 Å². The molecule has 0 saturated carbocycles. The molecule has 1 fully saturated rings. The zero-order valence-corrected chi connectivity index (χ0v) is 19.6. The Kier molecular flexibility index (Phi) is 7.71. The van der Waals surface area contributed by atoms with E-state index in [1.807, 2.05) is 24.3 Å². The van der Waals surface area contributed by atoms with Crippen LogP contribution in [-0.4, -0.2) is 68.1 Å². The normalized spacial score (nSPS) is 20.1. The third-order valence-corrected chi connectivity index (χ3v) is 6.02. The van der Waals surface area contributed by atoms with Gasteiger partial charge in [0, 0.05) is 25.1 Å². The molecule has 0 aliphatic carbocycles. The van der Waals surface area contributed by atoms with Crippen molar-refractivity contribution in [1.82, 2.24) is 15.5 Å². The summed E-state index contributed by atoms with van der Waals surface area (Å²) in [7, 11) is 1.48. The fraction of sp³-hybridized carbons (Fsp3) is 0.400. The Morgan fingerprint density at radius 2 is 1.97 bits per heavy atom. The van der Waals surface area contributed by atoms with E-state index in [-0.39, 0.29) is 30.1 Å². The summed E-state index contributed by atoms with van der Waals surface area (Å²) in [4.78, 5) is 39.7. The molecular weight excluding hydrogens is 452 g/mol. The maximum absolute atomic E-state index is 13.1. The van der Waals surface area contributed by atoms with Crippen LogP contribution in [0.3, 0.4) is 0 Å². The van der Waals surface area contributed by atoms with Gasteiger partial charge in [0.1, 0.15) is 11.9 Å². The average Bonchev–Trinajstić information content (AvgIpc) is 3.26. The molecule has 5 rings (SSSR count). The van der Waals surface area contributed by atoms with Gasteiger partial charge < -0.3 is 35.5 Å². The average molecular weight is 483 g/mol. The predicted molar refractivity (Wildman–Crippen MR) is 127 cm³/mol. The van der Waals surface area contributed by atoms with Crippen LogP contribution >= 0.6 is 0 Å². The highest BCUT2D eigenvalue weighted by molar-refractivity contribution is 5.95. The van der Waals surface area contributed by atoms with Crippen molar-refractivity contribution in [2.45, 2.75) is 31.5 Å². The molecule has 1 saturated heterocycles. The molecule has 4 N–H and O–H groups in total. The van der Waals surface area contributed by atoms with Crippen LogP contribution in [0.1, 0.15) is 28.8 Å². The van der Waals surface area contributed by atoms with E-state index in [1.54, 1.807) is 17.0 Å². The van der Waals surface area contributed by atoms with Gasteiger partial charge in [0.2, 0.25) is 5.91 Å². The highest BCUT2D eigenvalue weighted by Gasteiger charge is 2.38. The van der Waals surface area contributed by atoms with Crippen LogP contribution in [0.4, 0.5) is 0 Å². The topological polar surface area (TPSA) is 132 Å². The second kappa shape index (κ2) is 11.1. The Hall–Kier alpha value is -3.79. The number of benzene rings is 2. The number of ether oxygens (including phenoxy) is 3. The Morgan fingerprint density at radius 1 is 1.17 bits per heavy atom. The van der Waals surface area contributed by atoms with Gasteiger partial charge in [-0.2, -0.15) is 0 Å². The van der Waals surface area contributed by atoms with Gasteiger partial charge in [-0.15, -0.1) is 0 Å². The van der Waals surface area contributed by atoms with Crippen LogP contribution in [0, 0.1) is 0 Å². The summed E-state index contributed by atoms with van der Waals surface area (Å²) in [5, 5.41) is 5.80. The molecule has 3 aliphatic rings. The van der Waals surface area contributed by atoms with E-state index < -0.39 is 12.1 Å². The molecule has 0 spiro atoms. The number of likely N-dealkylation sites (tertiary alicyclic amines) is 1. The molecule has 186 valence electrons. The number of nitrogens with one attached hydrogen (secondary N) is 2. The molecule has 0 aromatic heterocycles. The molecule has 0 radical (unpaired) electrons. The second-order valence-electron chi connectivity index (χ2n) is 8.50. The van der Waals surface area contributed by atoms with Crippen LogP contribution in [0.15, 0.2) is 42.5 Å². The van der Waals surface area contributed by atoms with Gasteiger partial charge in [-0.3, -0.25) is 14.4 Å². The zero-order valence-electron chi connectivity index (χ0n) is 19.6. The van der Waals surface area contributed by atoms with Crippen molar-refractivity contribution in [2.24, 2.45) is 5.73 Å². The minimum atomic E-state index is -0.434. The number of fused-ring (bicyclic) bond motifs is 7. The third kappa shape index (κ3) is 6.02. The predicted octanol–water partition coefficient (Wildman–Crippen LogP) is 0.831. The van der Waals surface area contributed by atoms with Crippen LogP contribution in [0.2, 0.25) is 0 Å². The Labute approximate surface area is 203 Å². The van der Waals surface area contributed by atoms with E-state index >= 15 is 0 Å². The second-order valence-corrected chi connectivity index (χ2v) is 8.50. The SMILES string of the molecule is COc1ccc2cc1OCC(=O)NCc1ccc(cc1)O[C@H]1CN(C(=O)CCCN)C[C@@H]1NC2=O.